The summed E-state index contributed by atoms with van der Waals surface area (Å²) in [6.45, 7) is 5.57. The van der Waals surface area contributed by atoms with Gasteiger partial charge in [0.05, 0.1) is 7.11 Å². The first-order chi connectivity index (χ1) is 9.36. The van der Waals surface area contributed by atoms with E-state index < -0.39 is 0 Å². The predicted octanol–water partition coefficient (Wildman–Crippen LogP) is 4.43. The molecule has 0 atom stereocenters. The summed E-state index contributed by atoms with van der Waals surface area (Å²) in [4.78, 5) is 0. The van der Waals surface area contributed by atoms with Crippen molar-refractivity contribution in [2.24, 2.45) is 0 Å². The molecule has 0 amide bonds. The van der Waals surface area contributed by atoms with Gasteiger partial charge >= 0.3 is 0 Å². The molecule has 2 nitrogen and oxygen atoms in total. The minimum absolute atomic E-state index is 0.870. The molecule has 1 rings (SSSR count). The molecule has 2 heteroatoms. The Hall–Kier alpha value is -1.02. The standard InChI is InChI=1S/C17H27O2/c1-3-4-14-19-15-8-6-5-7-9-16-10-12-17(18-2)13-11-16/h10-13H,1,3-9,14-15H2,2H3. The van der Waals surface area contributed by atoms with Gasteiger partial charge in [-0.3, -0.25) is 0 Å². The first-order valence-corrected chi connectivity index (χ1v) is 7.36. The van der Waals surface area contributed by atoms with Crippen LogP contribution in [-0.4, -0.2) is 20.3 Å². The van der Waals surface area contributed by atoms with Crippen molar-refractivity contribution < 1.29 is 9.47 Å². The van der Waals surface area contributed by atoms with Gasteiger partial charge in [-0.1, -0.05) is 38.3 Å². The molecule has 0 aliphatic carbocycles. The van der Waals surface area contributed by atoms with Gasteiger partial charge in [-0.15, -0.1) is 0 Å². The lowest BCUT2D eigenvalue weighted by molar-refractivity contribution is 0.128. The van der Waals surface area contributed by atoms with Crippen LogP contribution < -0.4 is 4.74 Å². The van der Waals surface area contributed by atoms with Crippen molar-refractivity contribution in [1.82, 2.24) is 0 Å². The number of ether oxygens (including phenoxy) is 2. The SMILES string of the molecule is [CH2]CCCOCCCCCCc1ccc(OC)cc1. The molecule has 0 unspecified atom stereocenters. The lowest BCUT2D eigenvalue weighted by atomic mass is 10.1. The average Bonchev–Trinajstić information content (AvgIpc) is 2.46. The second-order valence-corrected chi connectivity index (χ2v) is 4.83. The molecule has 0 N–H and O–H groups in total. The van der Waals surface area contributed by atoms with Crippen molar-refractivity contribution in [2.45, 2.75) is 44.9 Å². The molecule has 19 heavy (non-hydrogen) atoms. The van der Waals surface area contributed by atoms with Gasteiger partial charge in [0.2, 0.25) is 0 Å². The molecule has 0 saturated heterocycles. The highest BCUT2D eigenvalue weighted by Crippen LogP contribution is 2.13. The van der Waals surface area contributed by atoms with E-state index in [0.29, 0.717) is 0 Å². The van der Waals surface area contributed by atoms with E-state index in [4.69, 9.17) is 9.47 Å². The largest absolute Gasteiger partial charge is 0.497 e. The summed E-state index contributed by atoms with van der Waals surface area (Å²) < 4.78 is 10.7. The first kappa shape index (κ1) is 16.0. The zero-order valence-corrected chi connectivity index (χ0v) is 12.2. The second-order valence-electron chi connectivity index (χ2n) is 4.83. The fraction of sp³-hybridized carbons (Fsp3) is 0.588. The van der Waals surface area contributed by atoms with Crippen molar-refractivity contribution in [3.05, 3.63) is 36.8 Å². The highest BCUT2D eigenvalue weighted by molar-refractivity contribution is 5.27. The summed E-state index contributed by atoms with van der Waals surface area (Å²) in [5, 5.41) is 0. The summed E-state index contributed by atoms with van der Waals surface area (Å²) in [5.74, 6) is 0.933. The van der Waals surface area contributed by atoms with E-state index in [9.17, 15) is 0 Å². The van der Waals surface area contributed by atoms with E-state index in [1.54, 1.807) is 7.11 Å². The van der Waals surface area contributed by atoms with E-state index in [-0.39, 0.29) is 0 Å². The van der Waals surface area contributed by atoms with Gasteiger partial charge in [0, 0.05) is 13.2 Å². The van der Waals surface area contributed by atoms with Crippen LogP contribution in [0, 0.1) is 6.92 Å². The van der Waals surface area contributed by atoms with Crippen LogP contribution in [0.25, 0.3) is 0 Å². The third-order valence-electron chi connectivity index (χ3n) is 3.20. The van der Waals surface area contributed by atoms with E-state index in [2.05, 4.69) is 19.1 Å². The molecule has 1 radical (unpaired) electrons. The van der Waals surface area contributed by atoms with Crippen LogP contribution in [0.2, 0.25) is 0 Å². The fourth-order valence-corrected chi connectivity index (χ4v) is 1.99. The maximum absolute atomic E-state index is 5.51. The third-order valence-corrected chi connectivity index (χ3v) is 3.20. The topological polar surface area (TPSA) is 18.5 Å². The van der Waals surface area contributed by atoms with Gasteiger partial charge in [-0.05, 0) is 43.4 Å². The van der Waals surface area contributed by atoms with Crippen LogP contribution >= 0.6 is 0 Å². The Morgan fingerprint density at radius 1 is 0.895 bits per heavy atom. The minimum atomic E-state index is 0.870. The van der Waals surface area contributed by atoms with Gasteiger partial charge in [0.15, 0.2) is 0 Å². The Morgan fingerprint density at radius 2 is 1.58 bits per heavy atom. The number of benzene rings is 1. The maximum Gasteiger partial charge on any atom is 0.118 e. The van der Waals surface area contributed by atoms with E-state index in [1.165, 1.54) is 31.2 Å². The quantitative estimate of drug-likeness (QED) is 0.550. The van der Waals surface area contributed by atoms with Crippen molar-refractivity contribution >= 4 is 0 Å². The van der Waals surface area contributed by atoms with Crippen LogP contribution in [0.3, 0.4) is 0 Å². The highest BCUT2D eigenvalue weighted by Gasteiger charge is 1.96. The molecular formula is C17H27O2. The van der Waals surface area contributed by atoms with Gasteiger partial charge in [-0.2, -0.15) is 0 Å². The number of methoxy groups -OCH3 is 1. The number of rotatable bonds is 11. The smallest absolute Gasteiger partial charge is 0.118 e. The van der Waals surface area contributed by atoms with Crippen molar-refractivity contribution in [3.8, 4) is 5.75 Å². The van der Waals surface area contributed by atoms with Crippen molar-refractivity contribution in [3.63, 3.8) is 0 Å². The van der Waals surface area contributed by atoms with Crippen LogP contribution in [0.15, 0.2) is 24.3 Å². The number of hydrogen-bond donors (Lipinski definition) is 0. The molecule has 0 aliphatic rings. The monoisotopic (exact) mass is 263 g/mol. The van der Waals surface area contributed by atoms with Crippen LogP contribution in [0.1, 0.15) is 44.1 Å². The highest BCUT2D eigenvalue weighted by atomic mass is 16.5. The molecule has 0 bridgehead atoms. The fourth-order valence-electron chi connectivity index (χ4n) is 1.99. The predicted molar refractivity (Wildman–Crippen MR) is 80.6 cm³/mol. The minimum Gasteiger partial charge on any atom is -0.497 e. The molecule has 0 saturated carbocycles. The van der Waals surface area contributed by atoms with Crippen LogP contribution in [0.4, 0.5) is 0 Å². The number of unbranched alkanes of at least 4 members (excludes halogenated alkanes) is 4. The Labute approximate surface area is 118 Å². The average molecular weight is 263 g/mol. The Morgan fingerprint density at radius 3 is 2.26 bits per heavy atom. The number of aryl methyl sites for hydroxylation is 1. The van der Waals surface area contributed by atoms with Gasteiger partial charge in [-0.25, -0.2) is 0 Å². The zero-order chi connectivity index (χ0) is 13.8. The summed E-state index contributed by atoms with van der Waals surface area (Å²) in [6, 6.07) is 8.37. The van der Waals surface area contributed by atoms with Crippen LogP contribution in [0.5, 0.6) is 5.75 Å². The molecule has 0 aromatic heterocycles. The molecule has 107 valence electrons. The summed E-state index contributed by atoms with van der Waals surface area (Å²) >= 11 is 0. The molecule has 1 aromatic carbocycles. The summed E-state index contributed by atoms with van der Waals surface area (Å²) in [6.07, 6.45) is 8.20. The lowest BCUT2D eigenvalue weighted by Gasteiger charge is -2.05. The van der Waals surface area contributed by atoms with Crippen molar-refractivity contribution in [2.75, 3.05) is 20.3 Å². The molecule has 0 spiro atoms. The molecular weight excluding hydrogens is 236 g/mol. The molecule has 1 aromatic rings. The van der Waals surface area contributed by atoms with Crippen molar-refractivity contribution in [1.29, 1.82) is 0 Å². The van der Waals surface area contributed by atoms with Crippen LogP contribution in [-0.2, 0) is 11.2 Å². The molecule has 0 fully saturated rings. The Balaban J connectivity index is 1.95. The normalized spacial score (nSPS) is 10.6. The Kier molecular flexibility index (Phi) is 9.17. The first-order valence-electron chi connectivity index (χ1n) is 7.36. The third kappa shape index (κ3) is 7.89. The molecule has 0 aliphatic heterocycles. The summed E-state index contributed by atoms with van der Waals surface area (Å²) in [7, 11) is 1.70. The second kappa shape index (κ2) is 10.9. The molecule has 0 heterocycles. The lowest BCUT2D eigenvalue weighted by Crippen LogP contribution is -1.96. The Bertz CT molecular complexity index is 306. The maximum atomic E-state index is 5.51. The van der Waals surface area contributed by atoms with Gasteiger partial charge in [0.1, 0.15) is 5.75 Å². The number of hydrogen-bond acceptors (Lipinski definition) is 2. The van der Waals surface area contributed by atoms with E-state index in [0.717, 1.165) is 38.2 Å². The summed E-state index contributed by atoms with van der Waals surface area (Å²) in [5.41, 5.74) is 1.40. The van der Waals surface area contributed by atoms with E-state index in [1.807, 2.05) is 12.1 Å². The zero-order valence-electron chi connectivity index (χ0n) is 12.2. The van der Waals surface area contributed by atoms with Gasteiger partial charge in [0.25, 0.3) is 0 Å². The van der Waals surface area contributed by atoms with E-state index >= 15 is 0 Å². The van der Waals surface area contributed by atoms with Gasteiger partial charge < -0.3 is 9.47 Å².